The van der Waals surface area contributed by atoms with Crippen LogP contribution in [0.3, 0.4) is 0 Å². The van der Waals surface area contributed by atoms with Crippen molar-refractivity contribution in [3.8, 4) is 0 Å². The van der Waals surface area contributed by atoms with E-state index in [9.17, 15) is 4.39 Å². The van der Waals surface area contributed by atoms with Gasteiger partial charge in [0.05, 0.1) is 44.3 Å². The minimum absolute atomic E-state index is 0.271. The first kappa shape index (κ1) is 9.40. The van der Waals surface area contributed by atoms with Gasteiger partial charge in [-0.25, -0.2) is 4.39 Å². The molecule has 0 unspecified atom stereocenters. The molecule has 14 heavy (non-hydrogen) atoms. The van der Waals surface area contributed by atoms with Crippen LogP contribution < -0.4 is 9.80 Å². The van der Waals surface area contributed by atoms with E-state index >= 15 is 0 Å². The van der Waals surface area contributed by atoms with Gasteiger partial charge in [-0.05, 0) is 0 Å². The van der Waals surface area contributed by atoms with Gasteiger partial charge in [-0.15, -0.1) is 0 Å². The van der Waals surface area contributed by atoms with Crippen molar-refractivity contribution in [2.45, 2.75) is 0 Å². The number of halogens is 1. The summed E-state index contributed by atoms with van der Waals surface area (Å²) in [5.41, 5.74) is 0.873. The lowest BCUT2D eigenvalue weighted by atomic mass is 10.3. The van der Waals surface area contributed by atoms with Crippen LogP contribution in [-0.4, -0.2) is 31.2 Å². The molecule has 1 saturated heterocycles. The SMILES string of the molecule is [CH2-][NH+]1CCN(c2cncc(F)c2)CC1. The van der Waals surface area contributed by atoms with Crippen LogP contribution in [0.4, 0.5) is 10.1 Å². The number of pyridine rings is 1. The van der Waals surface area contributed by atoms with E-state index in [0.717, 1.165) is 31.9 Å². The quantitative estimate of drug-likeness (QED) is 0.622. The Morgan fingerprint density at radius 3 is 2.71 bits per heavy atom. The molecule has 4 heteroatoms. The summed E-state index contributed by atoms with van der Waals surface area (Å²) in [6.45, 7) is 3.83. The fraction of sp³-hybridized carbons (Fsp3) is 0.400. The minimum Gasteiger partial charge on any atom is -0.465 e. The third-order valence-corrected chi connectivity index (χ3v) is 2.53. The standard InChI is InChI=1S/C10H14FN3/c1-13-2-4-14(5-3-13)10-6-9(11)7-12-8-10/h6-8,13H,1-5H2. The second-order valence-corrected chi connectivity index (χ2v) is 3.60. The molecule has 1 fully saturated rings. The molecule has 0 spiro atoms. The van der Waals surface area contributed by atoms with Crippen molar-refractivity contribution in [1.29, 1.82) is 0 Å². The molecule has 1 aromatic heterocycles. The van der Waals surface area contributed by atoms with Crippen LogP contribution in [0.5, 0.6) is 0 Å². The van der Waals surface area contributed by atoms with E-state index in [4.69, 9.17) is 0 Å². The molecule has 1 aliphatic rings. The van der Waals surface area contributed by atoms with Gasteiger partial charge in [-0.3, -0.25) is 4.98 Å². The van der Waals surface area contributed by atoms with Gasteiger partial charge in [0.2, 0.25) is 0 Å². The smallest absolute Gasteiger partial charge is 0.143 e. The Kier molecular flexibility index (Phi) is 2.63. The van der Waals surface area contributed by atoms with Gasteiger partial charge >= 0.3 is 0 Å². The molecule has 76 valence electrons. The molecule has 0 radical (unpaired) electrons. The van der Waals surface area contributed by atoms with Crippen LogP contribution in [0.15, 0.2) is 18.5 Å². The van der Waals surface area contributed by atoms with E-state index in [2.05, 4.69) is 16.9 Å². The normalized spacial score (nSPS) is 18.6. The topological polar surface area (TPSA) is 20.6 Å². The lowest BCUT2D eigenvalue weighted by Crippen LogP contribution is -3.10. The number of nitrogens with zero attached hydrogens (tertiary/aromatic N) is 2. The van der Waals surface area contributed by atoms with Crippen molar-refractivity contribution in [3.63, 3.8) is 0 Å². The number of nitrogens with one attached hydrogen (secondary N) is 1. The molecule has 0 amide bonds. The highest BCUT2D eigenvalue weighted by Gasteiger charge is 2.14. The van der Waals surface area contributed by atoms with Gasteiger partial charge < -0.3 is 9.80 Å². The Labute approximate surface area is 83.2 Å². The average molecular weight is 195 g/mol. The first-order valence-electron chi connectivity index (χ1n) is 4.78. The van der Waals surface area contributed by atoms with E-state index in [1.54, 1.807) is 6.20 Å². The number of hydrogen-bond donors (Lipinski definition) is 1. The van der Waals surface area contributed by atoms with E-state index in [0.29, 0.717) is 0 Å². The second-order valence-electron chi connectivity index (χ2n) is 3.60. The zero-order valence-electron chi connectivity index (χ0n) is 8.04. The summed E-state index contributed by atoms with van der Waals surface area (Å²) in [7, 11) is 3.94. The first-order valence-corrected chi connectivity index (χ1v) is 4.78. The third kappa shape index (κ3) is 2.01. The summed E-state index contributed by atoms with van der Waals surface area (Å²) in [4.78, 5) is 7.27. The van der Waals surface area contributed by atoms with Crippen LogP contribution in [0.2, 0.25) is 0 Å². The van der Waals surface area contributed by atoms with Crippen molar-refractivity contribution in [3.05, 3.63) is 31.3 Å². The van der Waals surface area contributed by atoms with E-state index in [1.165, 1.54) is 17.2 Å². The molecule has 0 aromatic carbocycles. The second kappa shape index (κ2) is 3.92. The lowest BCUT2D eigenvalue weighted by molar-refractivity contribution is -0.854. The Bertz CT molecular complexity index is 308. The molecule has 3 nitrogen and oxygen atoms in total. The highest BCUT2D eigenvalue weighted by molar-refractivity contribution is 5.44. The maximum atomic E-state index is 12.9. The van der Waals surface area contributed by atoms with Crippen LogP contribution >= 0.6 is 0 Å². The van der Waals surface area contributed by atoms with Crippen molar-refractivity contribution in [1.82, 2.24) is 4.98 Å². The number of aromatic nitrogens is 1. The number of piperazine rings is 1. The predicted octanol–water partition coefficient (Wildman–Crippen LogP) is -0.283. The summed E-state index contributed by atoms with van der Waals surface area (Å²) < 4.78 is 12.9. The monoisotopic (exact) mass is 195 g/mol. The van der Waals surface area contributed by atoms with Gasteiger partial charge in [0.15, 0.2) is 0 Å². The Morgan fingerprint density at radius 2 is 2.07 bits per heavy atom. The third-order valence-electron chi connectivity index (χ3n) is 2.53. The number of quaternary nitrogens is 1. The van der Waals surface area contributed by atoms with Gasteiger partial charge in [0, 0.05) is 6.07 Å². The highest BCUT2D eigenvalue weighted by atomic mass is 19.1. The molecule has 0 aliphatic carbocycles. The largest absolute Gasteiger partial charge is 0.465 e. The summed E-state index contributed by atoms with van der Waals surface area (Å²) in [5.74, 6) is -0.271. The fourth-order valence-electron chi connectivity index (χ4n) is 1.65. The average Bonchev–Trinajstić information content (AvgIpc) is 2.19. The van der Waals surface area contributed by atoms with Crippen LogP contribution in [0.1, 0.15) is 0 Å². The number of hydrogen-bond acceptors (Lipinski definition) is 2. The summed E-state index contributed by atoms with van der Waals surface area (Å²) in [6.07, 6.45) is 2.93. The maximum Gasteiger partial charge on any atom is 0.143 e. The maximum absolute atomic E-state index is 12.9. The highest BCUT2D eigenvalue weighted by Crippen LogP contribution is 2.13. The molecule has 1 N–H and O–H groups in total. The minimum atomic E-state index is -0.271. The van der Waals surface area contributed by atoms with Gasteiger partial charge in [0.1, 0.15) is 5.82 Å². The summed E-state index contributed by atoms with van der Waals surface area (Å²) in [5, 5.41) is 0. The van der Waals surface area contributed by atoms with Crippen molar-refractivity contribution in [2.24, 2.45) is 0 Å². The molecule has 1 aliphatic heterocycles. The summed E-state index contributed by atoms with van der Waals surface area (Å²) >= 11 is 0. The van der Waals surface area contributed by atoms with Gasteiger partial charge in [-0.2, -0.15) is 7.05 Å². The first-order chi connectivity index (χ1) is 6.75. The molecular formula is C10H14FN3. The van der Waals surface area contributed by atoms with Crippen LogP contribution in [-0.2, 0) is 0 Å². The molecule has 2 heterocycles. The van der Waals surface area contributed by atoms with Crippen molar-refractivity contribution in [2.75, 3.05) is 31.1 Å². The molecule has 0 bridgehead atoms. The lowest BCUT2D eigenvalue weighted by Gasteiger charge is -2.34. The summed E-state index contributed by atoms with van der Waals surface area (Å²) in [6, 6.07) is 1.53. The Balaban J connectivity index is 2.08. The predicted molar refractivity (Wildman–Crippen MR) is 52.5 cm³/mol. The Hall–Kier alpha value is -1.16. The van der Waals surface area contributed by atoms with Crippen LogP contribution in [0.25, 0.3) is 0 Å². The van der Waals surface area contributed by atoms with E-state index < -0.39 is 0 Å². The van der Waals surface area contributed by atoms with Gasteiger partial charge in [0.25, 0.3) is 0 Å². The molecular weight excluding hydrogens is 181 g/mol. The van der Waals surface area contributed by atoms with Crippen molar-refractivity contribution >= 4 is 5.69 Å². The number of rotatable bonds is 1. The Morgan fingerprint density at radius 1 is 1.36 bits per heavy atom. The molecule has 2 rings (SSSR count). The molecule has 0 atom stereocenters. The van der Waals surface area contributed by atoms with Crippen molar-refractivity contribution < 1.29 is 9.29 Å². The zero-order chi connectivity index (χ0) is 9.97. The van der Waals surface area contributed by atoms with Gasteiger partial charge in [-0.1, -0.05) is 0 Å². The fourth-order valence-corrected chi connectivity index (χ4v) is 1.65. The molecule has 0 saturated carbocycles. The van der Waals surface area contributed by atoms with E-state index in [1.807, 2.05) is 0 Å². The number of anilines is 1. The zero-order valence-corrected chi connectivity index (χ0v) is 8.04. The van der Waals surface area contributed by atoms with E-state index in [-0.39, 0.29) is 5.82 Å². The van der Waals surface area contributed by atoms with Crippen LogP contribution in [0, 0.1) is 12.9 Å². The molecule has 1 aromatic rings.